The van der Waals surface area contributed by atoms with Crippen LogP contribution in [-0.2, 0) is 0 Å². The van der Waals surface area contributed by atoms with E-state index >= 15 is 0 Å². The Labute approximate surface area is 144 Å². The van der Waals surface area contributed by atoms with Crippen molar-refractivity contribution in [1.29, 1.82) is 0 Å². The average molecular weight is 345 g/mol. The van der Waals surface area contributed by atoms with Gasteiger partial charge < -0.3 is 10.6 Å². The number of nitrogens with two attached hydrogens (primary N) is 1. The number of aryl methyl sites for hydroxylation is 2. The van der Waals surface area contributed by atoms with Gasteiger partial charge in [0.2, 0.25) is 0 Å². The van der Waals surface area contributed by atoms with Crippen molar-refractivity contribution in [1.82, 2.24) is 9.88 Å². The van der Waals surface area contributed by atoms with Crippen LogP contribution in [0.4, 0.5) is 4.39 Å². The zero-order chi connectivity index (χ0) is 17.0. The number of hydrogen-bond acceptors (Lipinski definition) is 4. The number of carbonyl (C=O) groups excluding carboxylic acids is 1. The van der Waals surface area contributed by atoms with Crippen LogP contribution in [-0.4, -0.2) is 34.4 Å². The molecule has 4 nitrogen and oxygen atoms in total. The summed E-state index contributed by atoms with van der Waals surface area (Å²) in [5.41, 5.74) is 7.59. The van der Waals surface area contributed by atoms with Crippen LogP contribution in [0.3, 0.4) is 0 Å². The number of rotatable bonds is 3. The van der Waals surface area contributed by atoms with E-state index < -0.39 is 0 Å². The second-order valence-corrected chi connectivity index (χ2v) is 7.98. The fourth-order valence-corrected chi connectivity index (χ4v) is 4.62. The lowest BCUT2D eigenvalue weighted by molar-refractivity contribution is 0.0701. The summed E-state index contributed by atoms with van der Waals surface area (Å²) < 4.78 is 14.0. The van der Waals surface area contributed by atoms with E-state index in [0.717, 1.165) is 22.7 Å². The Morgan fingerprint density at radius 1 is 1.42 bits per heavy atom. The van der Waals surface area contributed by atoms with Gasteiger partial charge in [0, 0.05) is 18.6 Å². The summed E-state index contributed by atoms with van der Waals surface area (Å²) in [5, 5.41) is 0.810. The van der Waals surface area contributed by atoms with Crippen molar-refractivity contribution in [3.05, 3.63) is 40.3 Å². The minimum atomic E-state index is -0.264. The van der Waals surface area contributed by atoms with E-state index in [9.17, 15) is 9.18 Å². The number of carbonyl (C=O) groups is 1. The lowest BCUT2D eigenvalue weighted by Crippen LogP contribution is -2.42. The highest BCUT2D eigenvalue weighted by atomic mass is 32.1. The second-order valence-electron chi connectivity index (χ2n) is 6.78. The van der Waals surface area contributed by atoms with Crippen LogP contribution < -0.4 is 5.73 Å². The van der Waals surface area contributed by atoms with Gasteiger partial charge >= 0.3 is 0 Å². The molecule has 126 valence electrons. The third-order valence-electron chi connectivity index (χ3n) is 5.09. The largest absolute Gasteiger partial charge is 0.330 e. The van der Waals surface area contributed by atoms with E-state index in [0.29, 0.717) is 35.3 Å². The topological polar surface area (TPSA) is 59.2 Å². The minimum absolute atomic E-state index is 0.0595. The van der Waals surface area contributed by atoms with Crippen LogP contribution in [0.25, 0.3) is 10.4 Å². The number of benzene rings is 1. The molecule has 1 aromatic carbocycles. The molecule has 1 aliphatic heterocycles. The zero-order valence-corrected chi connectivity index (χ0v) is 14.6. The predicted molar refractivity (Wildman–Crippen MR) is 92.5 cm³/mol. The summed E-state index contributed by atoms with van der Waals surface area (Å²) in [6.45, 7) is 4.09. The van der Waals surface area contributed by atoms with Crippen LogP contribution in [0.2, 0.25) is 0 Å². The molecule has 2 N–H and O–H groups in total. The number of fused-ring (bicyclic) bond motifs is 1. The summed E-state index contributed by atoms with van der Waals surface area (Å²) >= 11 is 1.44. The first-order chi connectivity index (χ1) is 11.5. The molecule has 6 heteroatoms. The lowest BCUT2D eigenvalue weighted by atomic mass is 10.1. The summed E-state index contributed by atoms with van der Waals surface area (Å²) in [7, 11) is 0. The summed E-state index contributed by atoms with van der Waals surface area (Å²) in [5.74, 6) is 0.276. The molecule has 2 aromatic rings. The number of nitrogens with zero attached hydrogens (tertiary/aromatic N) is 2. The van der Waals surface area contributed by atoms with Crippen molar-refractivity contribution in [2.45, 2.75) is 38.8 Å². The first-order valence-corrected chi connectivity index (χ1v) is 9.08. The van der Waals surface area contributed by atoms with E-state index in [4.69, 9.17) is 5.73 Å². The van der Waals surface area contributed by atoms with E-state index in [1.165, 1.54) is 17.4 Å². The maximum absolute atomic E-state index is 14.0. The molecule has 2 aliphatic rings. The monoisotopic (exact) mass is 345 g/mol. The summed E-state index contributed by atoms with van der Waals surface area (Å²) in [6, 6.07) is 5.50. The van der Waals surface area contributed by atoms with Crippen molar-refractivity contribution >= 4 is 17.2 Å². The molecular weight excluding hydrogens is 325 g/mol. The molecule has 0 unspecified atom stereocenters. The Morgan fingerprint density at radius 2 is 2.21 bits per heavy atom. The van der Waals surface area contributed by atoms with Crippen molar-refractivity contribution in [2.24, 2.45) is 11.7 Å². The molecule has 1 amide bonds. The number of amides is 1. The van der Waals surface area contributed by atoms with E-state index in [2.05, 4.69) is 4.98 Å². The number of halogens is 1. The van der Waals surface area contributed by atoms with Gasteiger partial charge in [-0.15, -0.1) is 11.3 Å². The van der Waals surface area contributed by atoms with Gasteiger partial charge in [0.15, 0.2) is 0 Å². The number of piperidine rings is 1. The van der Waals surface area contributed by atoms with Crippen LogP contribution in [0, 0.1) is 25.6 Å². The van der Waals surface area contributed by atoms with Crippen LogP contribution in [0.15, 0.2) is 18.2 Å². The highest BCUT2D eigenvalue weighted by molar-refractivity contribution is 7.15. The third-order valence-corrected chi connectivity index (χ3v) is 6.11. The molecule has 1 saturated heterocycles. The van der Waals surface area contributed by atoms with E-state index in [1.807, 2.05) is 17.9 Å². The smallest absolute Gasteiger partial charge is 0.274 e. The normalized spacial score (nSPS) is 25.0. The molecule has 4 rings (SSSR count). The first-order valence-electron chi connectivity index (χ1n) is 8.26. The van der Waals surface area contributed by atoms with Crippen LogP contribution in [0.1, 0.15) is 33.9 Å². The standard InChI is InChI=1S/C18H20FN3OS/c1-9-3-4-11(6-14(9)19)17-16(21-10(2)24-17)18(23)22-13(8-20)5-12-7-15(12)22/h3-4,6,12-13,15H,5,7-8,20H2,1-2H3/t12-,13+,15+/m1/s1. The van der Waals surface area contributed by atoms with Gasteiger partial charge in [0.1, 0.15) is 11.5 Å². The van der Waals surface area contributed by atoms with E-state index in [1.54, 1.807) is 13.0 Å². The van der Waals surface area contributed by atoms with Crippen LogP contribution in [0.5, 0.6) is 0 Å². The number of aromatic nitrogens is 1. The zero-order valence-electron chi connectivity index (χ0n) is 13.8. The third kappa shape index (κ3) is 2.45. The molecule has 0 spiro atoms. The maximum atomic E-state index is 14.0. The molecule has 1 saturated carbocycles. The van der Waals surface area contributed by atoms with Gasteiger partial charge in [-0.3, -0.25) is 4.79 Å². The molecule has 2 fully saturated rings. The Morgan fingerprint density at radius 3 is 2.92 bits per heavy atom. The van der Waals surface area contributed by atoms with E-state index in [-0.39, 0.29) is 17.8 Å². The molecule has 1 aromatic heterocycles. The highest BCUT2D eigenvalue weighted by Gasteiger charge is 2.54. The van der Waals surface area contributed by atoms with Gasteiger partial charge in [-0.25, -0.2) is 9.37 Å². The lowest BCUT2D eigenvalue weighted by Gasteiger charge is -2.26. The van der Waals surface area contributed by atoms with Gasteiger partial charge in [-0.05, 0) is 49.8 Å². The Hall–Kier alpha value is -1.79. The molecule has 1 aliphatic carbocycles. The molecule has 0 radical (unpaired) electrons. The van der Waals surface area contributed by atoms with Gasteiger partial charge in [-0.2, -0.15) is 0 Å². The van der Waals surface area contributed by atoms with Gasteiger partial charge in [0.25, 0.3) is 5.91 Å². The van der Waals surface area contributed by atoms with Crippen molar-refractivity contribution in [3.63, 3.8) is 0 Å². The Balaban J connectivity index is 1.73. The van der Waals surface area contributed by atoms with Gasteiger partial charge in [-0.1, -0.05) is 12.1 Å². The molecule has 3 atom stereocenters. The minimum Gasteiger partial charge on any atom is -0.330 e. The highest BCUT2D eigenvalue weighted by Crippen LogP contribution is 2.48. The number of thiazole rings is 1. The average Bonchev–Trinajstić information content (AvgIpc) is 3.05. The maximum Gasteiger partial charge on any atom is 0.274 e. The number of likely N-dealkylation sites (tertiary alicyclic amines) is 1. The fraction of sp³-hybridized carbons (Fsp3) is 0.444. The quantitative estimate of drug-likeness (QED) is 0.930. The SMILES string of the molecule is Cc1nc(C(=O)N2[C@H](CN)C[C@@H]3C[C@@H]32)c(-c2ccc(C)c(F)c2)s1. The molecule has 24 heavy (non-hydrogen) atoms. The first kappa shape index (κ1) is 15.7. The second kappa shape index (κ2) is 5.63. The van der Waals surface area contributed by atoms with Crippen molar-refractivity contribution in [2.75, 3.05) is 6.54 Å². The number of hydrogen-bond donors (Lipinski definition) is 1. The van der Waals surface area contributed by atoms with Crippen molar-refractivity contribution < 1.29 is 9.18 Å². The van der Waals surface area contributed by atoms with Crippen LogP contribution >= 0.6 is 11.3 Å². The van der Waals surface area contributed by atoms with Crippen molar-refractivity contribution in [3.8, 4) is 10.4 Å². The molecule has 2 heterocycles. The summed E-state index contributed by atoms with van der Waals surface area (Å²) in [4.78, 5) is 20.3. The molecular formula is C18H20FN3OS. The predicted octanol–water partition coefficient (Wildman–Crippen LogP) is 3.13. The Bertz CT molecular complexity index is 819. The fourth-order valence-electron chi connectivity index (χ4n) is 3.71. The summed E-state index contributed by atoms with van der Waals surface area (Å²) in [6.07, 6.45) is 2.06. The van der Waals surface area contributed by atoms with Gasteiger partial charge in [0.05, 0.1) is 9.88 Å². The Kier molecular flexibility index (Phi) is 3.69. The molecule has 0 bridgehead atoms.